The maximum Gasteiger partial charge on any atom is 0.130 e. The highest BCUT2D eigenvalue weighted by Gasteiger charge is 2.30. The van der Waals surface area contributed by atoms with Gasteiger partial charge in [-0.2, -0.15) is 0 Å². The van der Waals surface area contributed by atoms with E-state index in [1.807, 2.05) is 0 Å². The van der Waals surface area contributed by atoms with Crippen LogP contribution in [0.4, 0.5) is 4.39 Å². The predicted octanol–water partition coefficient (Wildman–Crippen LogP) is 7.10. The first-order valence-electron chi connectivity index (χ1n) is 11.6. The lowest BCUT2D eigenvalue weighted by molar-refractivity contribution is 0.147. The fourth-order valence-electron chi connectivity index (χ4n) is 5.85. The van der Waals surface area contributed by atoms with Gasteiger partial charge in [-0.1, -0.05) is 32.6 Å². The zero-order valence-corrected chi connectivity index (χ0v) is 17.3. The minimum Gasteiger partial charge on any atom is -0.490 e. The Bertz CT molecular complexity index is 623. The highest BCUT2D eigenvalue weighted by Crippen LogP contribution is 2.42. The summed E-state index contributed by atoms with van der Waals surface area (Å²) >= 11 is 0. The monoisotopic (exact) mass is 372 g/mol. The largest absolute Gasteiger partial charge is 0.490 e. The van der Waals surface area contributed by atoms with E-state index in [1.165, 1.54) is 56.9 Å². The lowest BCUT2D eigenvalue weighted by Gasteiger charge is -2.37. The van der Waals surface area contributed by atoms with Crippen molar-refractivity contribution in [2.24, 2.45) is 23.7 Å². The average Bonchev–Trinajstić information content (AvgIpc) is 2.67. The molecule has 0 N–H and O–H groups in total. The van der Waals surface area contributed by atoms with Crippen LogP contribution in [0, 0.1) is 29.5 Å². The number of rotatable bonds is 4. The van der Waals surface area contributed by atoms with Gasteiger partial charge < -0.3 is 4.74 Å². The third-order valence-corrected chi connectivity index (χ3v) is 7.82. The third kappa shape index (κ3) is 4.69. The number of hydrogen-bond acceptors (Lipinski definition) is 1. The topological polar surface area (TPSA) is 9.23 Å². The van der Waals surface area contributed by atoms with Gasteiger partial charge in [0.2, 0.25) is 0 Å². The third-order valence-electron chi connectivity index (χ3n) is 7.82. The first-order chi connectivity index (χ1) is 13.1. The standard InChI is InChI=1S/C25H37FO/c1-17-3-9-20(10-4-17)21-12-6-19(7-13-21)8-14-22-15-23-11-5-18(2)27-25(23)16-24(22)26/h15-21H,3-14H2,1-2H3. The van der Waals surface area contributed by atoms with Crippen molar-refractivity contribution in [2.75, 3.05) is 0 Å². The number of ether oxygens (including phenoxy) is 1. The molecule has 2 heteroatoms. The van der Waals surface area contributed by atoms with E-state index in [0.717, 1.165) is 60.7 Å². The second kappa shape index (κ2) is 8.53. The Hall–Kier alpha value is -1.05. The molecular weight excluding hydrogens is 335 g/mol. The van der Waals surface area contributed by atoms with Gasteiger partial charge in [0.1, 0.15) is 11.6 Å². The maximum absolute atomic E-state index is 14.5. The van der Waals surface area contributed by atoms with Crippen molar-refractivity contribution in [3.05, 3.63) is 29.1 Å². The van der Waals surface area contributed by atoms with E-state index in [9.17, 15) is 4.39 Å². The molecular formula is C25H37FO. The molecule has 1 aliphatic heterocycles. The molecule has 1 nitrogen and oxygen atoms in total. The van der Waals surface area contributed by atoms with Crippen LogP contribution in [0.5, 0.6) is 5.75 Å². The molecule has 27 heavy (non-hydrogen) atoms. The minimum atomic E-state index is -0.0622. The zero-order chi connectivity index (χ0) is 18.8. The number of benzene rings is 1. The summed E-state index contributed by atoms with van der Waals surface area (Å²) in [5, 5.41) is 0. The van der Waals surface area contributed by atoms with E-state index in [0.29, 0.717) is 0 Å². The fraction of sp³-hybridized carbons (Fsp3) is 0.760. The van der Waals surface area contributed by atoms with Gasteiger partial charge in [0.15, 0.2) is 0 Å². The van der Waals surface area contributed by atoms with Gasteiger partial charge in [-0.15, -0.1) is 0 Å². The summed E-state index contributed by atoms with van der Waals surface area (Å²) in [7, 11) is 0. The van der Waals surface area contributed by atoms with Crippen molar-refractivity contribution in [1.29, 1.82) is 0 Å². The van der Waals surface area contributed by atoms with Crippen LogP contribution in [-0.4, -0.2) is 6.10 Å². The van der Waals surface area contributed by atoms with Gasteiger partial charge in [-0.3, -0.25) is 0 Å². The first-order valence-corrected chi connectivity index (χ1v) is 11.6. The first kappa shape index (κ1) is 19.3. The SMILES string of the molecule is CC1CCC(C2CCC(CCc3cc4c(cc3F)OC(C)CC4)CC2)CC1. The molecule has 0 amide bonds. The van der Waals surface area contributed by atoms with Gasteiger partial charge in [0.25, 0.3) is 0 Å². The van der Waals surface area contributed by atoms with E-state index < -0.39 is 0 Å². The second-order valence-corrected chi connectivity index (χ2v) is 9.86. The van der Waals surface area contributed by atoms with E-state index in [2.05, 4.69) is 19.9 Å². The minimum absolute atomic E-state index is 0.0622. The van der Waals surface area contributed by atoms with E-state index in [4.69, 9.17) is 4.74 Å². The van der Waals surface area contributed by atoms with E-state index >= 15 is 0 Å². The molecule has 1 aromatic carbocycles. The highest BCUT2D eigenvalue weighted by atomic mass is 19.1. The van der Waals surface area contributed by atoms with Crippen molar-refractivity contribution in [1.82, 2.24) is 0 Å². The summed E-state index contributed by atoms with van der Waals surface area (Å²) in [5.41, 5.74) is 2.12. The number of fused-ring (bicyclic) bond motifs is 1. The van der Waals surface area contributed by atoms with Crippen LogP contribution in [0.25, 0.3) is 0 Å². The Kier molecular flexibility index (Phi) is 6.09. The Morgan fingerprint density at radius 2 is 1.56 bits per heavy atom. The molecule has 2 saturated carbocycles. The van der Waals surface area contributed by atoms with Crippen LogP contribution in [0.2, 0.25) is 0 Å². The van der Waals surface area contributed by atoms with Gasteiger partial charge in [0, 0.05) is 6.07 Å². The van der Waals surface area contributed by atoms with Crippen molar-refractivity contribution < 1.29 is 9.13 Å². The Balaban J connectivity index is 1.27. The molecule has 1 unspecified atom stereocenters. The molecule has 0 radical (unpaired) electrons. The van der Waals surface area contributed by atoms with Crippen molar-refractivity contribution >= 4 is 0 Å². The smallest absolute Gasteiger partial charge is 0.130 e. The van der Waals surface area contributed by atoms with Gasteiger partial charge in [-0.05, 0) is 99.2 Å². The van der Waals surface area contributed by atoms with Gasteiger partial charge >= 0.3 is 0 Å². The summed E-state index contributed by atoms with van der Waals surface area (Å²) in [6, 6.07) is 3.73. The molecule has 1 atom stereocenters. The molecule has 4 rings (SSSR count). The lowest BCUT2D eigenvalue weighted by atomic mass is 9.69. The Labute approximate surface area is 165 Å². The van der Waals surface area contributed by atoms with E-state index in [-0.39, 0.29) is 11.9 Å². The molecule has 0 aromatic heterocycles. The Morgan fingerprint density at radius 1 is 0.889 bits per heavy atom. The molecule has 3 aliphatic rings. The van der Waals surface area contributed by atoms with Crippen LogP contribution in [-0.2, 0) is 12.8 Å². The highest BCUT2D eigenvalue weighted by molar-refractivity contribution is 5.40. The lowest BCUT2D eigenvalue weighted by Crippen LogP contribution is -2.25. The molecule has 1 heterocycles. The molecule has 0 bridgehead atoms. The van der Waals surface area contributed by atoms with Crippen molar-refractivity contribution in [3.63, 3.8) is 0 Å². The quantitative estimate of drug-likeness (QED) is 0.547. The molecule has 0 spiro atoms. The normalized spacial score (nSPS) is 34.0. The van der Waals surface area contributed by atoms with Crippen LogP contribution >= 0.6 is 0 Å². The predicted molar refractivity (Wildman–Crippen MR) is 110 cm³/mol. The van der Waals surface area contributed by atoms with Crippen LogP contribution in [0.3, 0.4) is 0 Å². The number of halogens is 1. The molecule has 1 aromatic rings. The summed E-state index contributed by atoms with van der Waals surface area (Å²) < 4.78 is 20.3. The average molecular weight is 373 g/mol. The van der Waals surface area contributed by atoms with Gasteiger partial charge in [-0.25, -0.2) is 4.39 Å². The molecule has 0 saturated heterocycles. The second-order valence-electron chi connectivity index (χ2n) is 9.86. The number of hydrogen-bond donors (Lipinski definition) is 0. The summed E-state index contributed by atoms with van der Waals surface area (Å²) in [4.78, 5) is 0. The summed E-state index contributed by atoms with van der Waals surface area (Å²) in [6.45, 7) is 4.48. The molecule has 2 fully saturated rings. The zero-order valence-electron chi connectivity index (χ0n) is 17.3. The van der Waals surface area contributed by atoms with Crippen LogP contribution < -0.4 is 4.74 Å². The molecule has 150 valence electrons. The fourth-order valence-corrected chi connectivity index (χ4v) is 5.85. The van der Waals surface area contributed by atoms with Crippen LogP contribution in [0.15, 0.2) is 12.1 Å². The van der Waals surface area contributed by atoms with Gasteiger partial charge in [0.05, 0.1) is 6.10 Å². The summed E-state index contributed by atoms with van der Waals surface area (Å²) in [5.74, 6) is 4.45. The molecule has 2 aliphatic carbocycles. The summed E-state index contributed by atoms with van der Waals surface area (Å²) in [6.07, 6.45) is 15.7. The number of aryl methyl sites for hydroxylation is 2. The van der Waals surface area contributed by atoms with Crippen molar-refractivity contribution in [3.8, 4) is 5.75 Å². The van der Waals surface area contributed by atoms with Crippen molar-refractivity contribution in [2.45, 2.75) is 97.0 Å². The van der Waals surface area contributed by atoms with Crippen LogP contribution in [0.1, 0.15) is 89.2 Å². The Morgan fingerprint density at radius 3 is 2.26 bits per heavy atom. The van der Waals surface area contributed by atoms with E-state index in [1.54, 1.807) is 6.07 Å². The maximum atomic E-state index is 14.5.